The van der Waals surface area contributed by atoms with E-state index in [2.05, 4.69) is 11.1 Å². The van der Waals surface area contributed by atoms with Crippen molar-refractivity contribution in [3.8, 4) is 17.2 Å². The van der Waals surface area contributed by atoms with Crippen molar-refractivity contribution in [2.75, 3.05) is 31.1 Å². The maximum absolute atomic E-state index is 14.4. The summed E-state index contributed by atoms with van der Waals surface area (Å²) in [6.07, 6.45) is -1.90. The van der Waals surface area contributed by atoms with Gasteiger partial charge in [-0.25, -0.2) is 14.0 Å². The second-order valence-electron chi connectivity index (χ2n) is 10.7. The molecule has 2 aliphatic rings. The number of cyclic esters (lactones) is 1. The van der Waals surface area contributed by atoms with Crippen molar-refractivity contribution in [1.82, 2.24) is 15.2 Å². The van der Waals surface area contributed by atoms with Crippen molar-refractivity contribution < 1.29 is 37.0 Å². The van der Waals surface area contributed by atoms with E-state index in [0.717, 1.165) is 0 Å². The first-order valence-electron chi connectivity index (χ1n) is 12.9. The molecule has 2 saturated heterocycles. The van der Waals surface area contributed by atoms with Crippen LogP contribution in [0.5, 0.6) is 0 Å². The summed E-state index contributed by atoms with van der Waals surface area (Å²) >= 11 is 0. The first kappa shape index (κ1) is 31.2. The lowest BCUT2D eigenvalue weighted by Crippen LogP contribution is -2.37. The van der Waals surface area contributed by atoms with Crippen molar-refractivity contribution in [3.63, 3.8) is 0 Å². The smallest absolute Gasteiger partial charge is 0.414 e. The van der Waals surface area contributed by atoms with E-state index in [9.17, 15) is 27.6 Å². The molecule has 10 nitrogen and oxygen atoms in total. The van der Waals surface area contributed by atoms with Gasteiger partial charge in [-0.15, -0.1) is 0 Å². The van der Waals surface area contributed by atoms with Crippen LogP contribution in [0.1, 0.15) is 27.7 Å². The molecule has 0 radical (unpaired) electrons. The van der Waals surface area contributed by atoms with Gasteiger partial charge < -0.3 is 19.7 Å². The molecule has 2 aromatic rings. The van der Waals surface area contributed by atoms with Gasteiger partial charge in [-0.2, -0.15) is 14.0 Å². The lowest BCUT2D eigenvalue weighted by atomic mass is 10.0. The SMILES string of the molecule is C[C@@H]1CN(C(=O)OC(C)(C)C)CC1C#N.O=C(NCC1CN(c2ccc(-c3cccnc3)c(F)c2)C(=O)O1)C(F)F. The van der Waals surface area contributed by atoms with Crippen LogP contribution in [-0.2, 0) is 14.3 Å². The van der Waals surface area contributed by atoms with E-state index in [0.29, 0.717) is 24.2 Å². The van der Waals surface area contributed by atoms with E-state index in [-0.39, 0.29) is 36.7 Å². The Kier molecular flexibility index (Phi) is 10.2. The number of aromatic nitrogens is 1. The van der Waals surface area contributed by atoms with Gasteiger partial charge in [0.15, 0.2) is 0 Å². The standard InChI is InChI=1S/C17H14F3N3O3.C11H18N2O2/c18-14-6-11(3-4-13(14)10-2-1-5-21-7-10)23-9-12(26-17(23)25)8-22-16(24)15(19)20;1-8-6-13(7-9(8)5-12)10(14)15-11(2,3)4/h1-7,12,15H,8-9H2,(H,22,24);8-9H,6-7H2,1-4H3/t;8-,9?/m.1/s1. The minimum Gasteiger partial charge on any atom is -0.444 e. The molecular formula is C28H32F3N5O5. The van der Waals surface area contributed by atoms with Crippen LogP contribution >= 0.6 is 0 Å². The van der Waals surface area contributed by atoms with Crippen LogP contribution in [0.3, 0.4) is 0 Å². The maximum atomic E-state index is 14.4. The molecule has 3 atom stereocenters. The maximum Gasteiger partial charge on any atom is 0.414 e. The number of anilines is 1. The summed E-state index contributed by atoms with van der Waals surface area (Å²) in [5.41, 5.74) is 0.719. The van der Waals surface area contributed by atoms with Crippen molar-refractivity contribution in [2.45, 2.75) is 45.8 Å². The van der Waals surface area contributed by atoms with E-state index < -0.39 is 35.9 Å². The summed E-state index contributed by atoms with van der Waals surface area (Å²) < 4.78 is 49.0. The van der Waals surface area contributed by atoms with Crippen molar-refractivity contribution in [3.05, 3.63) is 48.5 Å². The highest BCUT2D eigenvalue weighted by Crippen LogP contribution is 2.29. The molecule has 3 heterocycles. The van der Waals surface area contributed by atoms with E-state index in [1.54, 1.807) is 29.3 Å². The summed E-state index contributed by atoms with van der Waals surface area (Å²) in [5.74, 6) is -1.80. The zero-order valence-corrected chi connectivity index (χ0v) is 23.1. The zero-order valence-electron chi connectivity index (χ0n) is 23.1. The predicted octanol–water partition coefficient (Wildman–Crippen LogP) is 4.61. The van der Waals surface area contributed by atoms with Gasteiger partial charge in [-0.1, -0.05) is 13.0 Å². The molecule has 13 heteroatoms. The Morgan fingerprint density at radius 2 is 1.98 bits per heavy atom. The van der Waals surface area contributed by atoms with Crippen LogP contribution in [0.25, 0.3) is 11.1 Å². The Morgan fingerprint density at radius 1 is 1.24 bits per heavy atom. The second-order valence-corrected chi connectivity index (χ2v) is 10.7. The van der Waals surface area contributed by atoms with E-state index in [1.165, 1.54) is 23.2 Å². The number of hydrogen-bond donors (Lipinski definition) is 1. The largest absolute Gasteiger partial charge is 0.444 e. The van der Waals surface area contributed by atoms with E-state index in [4.69, 9.17) is 14.7 Å². The minimum absolute atomic E-state index is 0.00797. The van der Waals surface area contributed by atoms with Crippen LogP contribution < -0.4 is 10.2 Å². The number of halogens is 3. The number of nitriles is 1. The number of nitrogens with one attached hydrogen (secondary N) is 1. The summed E-state index contributed by atoms with van der Waals surface area (Å²) in [4.78, 5) is 41.2. The lowest BCUT2D eigenvalue weighted by Gasteiger charge is -2.24. The highest BCUT2D eigenvalue weighted by Gasteiger charge is 2.35. The quantitative estimate of drug-likeness (QED) is 0.552. The van der Waals surface area contributed by atoms with Crippen LogP contribution in [0, 0.1) is 29.0 Å². The third-order valence-electron chi connectivity index (χ3n) is 6.24. The molecule has 2 unspecified atom stereocenters. The van der Waals surface area contributed by atoms with Gasteiger partial charge in [0.05, 0.1) is 30.8 Å². The number of hydrogen-bond acceptors (Lipinski definition) is 7. The van der Waals surface area contributed by atoms with Gasteiger partial charge in [0.2, 0.25) is 0 Å². The molecule has 1 aromatic heterocycles. The van der Waals surface area contributed by atoms with Gasteiger partial charge in [0.25, 0.3) is 5.91 Å². The number of carbonyl (C=O) groups is 3. The Labute approximate surface area is 236 Å². The average molecular weight is 576 g/mol. The first-order valence-corrected chi connectivity index (χ1v) is 12.9. The van der Waals surface area contributed by atoms with Crippen molar-refractivity contribution >= 4 is 23.8 Å². The lowest BCUT2D eigenvalue weighted by molar-refractivity contribution is -0.132. The fourth-order valence-corrected chi connectivity index (χ4v) is 4.17. The van der Waals surface area contributed by atoms with Crippen LogP contribution in [0.4, 0.5) is 28.4 Å². The number of pyridine rings is 1. The van der Waals surface area contributed by atoms with Crippen LogP contribution in [0.15, 0.2) is 42.7 Å². The number of likely N-dealkylation sites (tertiary alicyclic amines) is 1. The Bertz CT molecular complexity index is 1280. The van der Waals surface area contributed by atoms with Gasteiger partial charge in [0.1, 0.15) is 17.5 Å². The Balaban J connectivity index is 0.000000263. The topological polar surface area (TPSA) is 125 Å². The molecule has 2 fully saturated rings. The Hall–Kier alpha value is -4.34. The molecule has 0 saturated carbocycles. The summed E-state index contributed by atoms with van der Waals surface area (Å²) in [6, 6.07) is 9.84. The molecule has 1 aromatic carbocycles. The molecular weight excluding hydrogens is 543 g/mol. The molecule has 1 N–H and O–H groups in total. The molecule has 0 aliphatic carbocycles. The first-order chi connectivity index (χ1) is 19.3. The normalized spacial score (nSPS) is 20.2. The number of ether oxygens (including phenoxy) is 2. The van der Waals surface area contributed by atoms with Gasteiger partial charge >= 0.3 is 18.6 Å². The summed E-state index contributed by atoms with van der Waals surface area (Å²) in [5, 5.41) is 10.8. The number of rotatable bonds is 5. The van der Waals surface area contributed by atoms with Crippen molar-refractivity contribution in [2.24, 2.45) is 11.8 Å². The number of benzene rings is 1. The number of carbonyl (C=O) groups excluding carboxylic acids is 3. The van der Waals surface area contributed by atoms with E-state index in [1.807, 2.05) is 33.0 Å². The van der Waals surface area contributed by atoms with Gasteiger partial charge in [-0.05, 0) is 51.0 Å². The summed E-state index contributed by atoms with van der Waals surface area (Å²) in [7, 11) is 0. The average Bonchev–Trinajstić information content (AvgIpc) is 3.48. The number of alkyl halides is 2. The molecule has 3 amide bonds. The number of amides is 3. The predicted molar refractivity (Wildman–Crippen MR) is 142 cm³/mol. The molecule has 0 spiro atoms. The third-order valence-corrected chi connectivity index (χ3v) is 6.24. The monoisotopic (exact) mass is 575 g/mol. The molecule has 2 aliphatic heterocycles. The van der Waals surface area contributed by atoms with Crippen molar-refractivity contribution in [1.29, 1.82) is 5.26 Å². The Morgan fingerprint density at radius 3 is 2.54 bits per heavy atom. The molecule has 4 rings (SSSR count). The van der Waals surface area contributed by atoms with Crippen LogP contribution in [0.2, 0.25) is 0 Å². The van der Waals surface area contributed by atoms with Gasteiger partial charge in [-0.3, -0.25) is 14.7 Å². The highest BCUT2D eigenvalue weighted by molar-refractivity contribution is 5.90. The fourth-order valence-electron chi connectivity index (χ4n) is 4.17. The zero-order chi connectivity index (χ0) is 30.3. The third kappa shape index (κ3) is 8.57. The van der Waals surface area contributed by atoms with Crippen LogP contribution in [-0.4, -0.2) is 72.3 Å². The molecule has 220 valence electrons. The molecule has 0 bridgehead atoms. The minimum atomic E-state index is -3.14. The summed E-state index contributed by atoms with van der Waals surface area (Å²) in [6.45, 7) is 8.37. The molecule has 41 heavy (non-hydrogen) atoms. The second kappa shape index (κ2) is 13.3. The van der Waals surface area contributed by atoms with E-state index >= 15 is 0 Å². The van der Waals surface area contributed by atoms with Gasteiger partial charge in [0, 0.05) is 36.6 Å². The number of nitrogens with zero attached hydrogens (tertiary/aromatic N) is 4. The highest BCUT2D eigenvalue weighted by atomic mass is 19.3. The fraction of sp³-hybridized carbons (Fsp3) is 0.464.